The van der Waals surface area contributed by atoms with Crippen LogP contribution in [0.25, 0.3) is 0 Å². The summed E-state index contributed by atoms with van der Waals surface area (Å²) in [6, 6.07) is 0. The molecule has 1 aliphatic heterocycles. The van der Waals surface area contributed by atoms with E-state index in [2.05, 4.69) is 12.2 Å². The molecule has 0 radical (unpaired) electrons. The van der Waals surface area contributed by atoms with Crippen molar-refractivity contribution in [3.63, 3.8) is 0 Å². The van der Waals surface area contributed by atoms with Crippen LogP contribution in [0.15, 0.2) is 0 Å². The molecule has 1 saturated carbocycles. The van der Waals surface area contributed by atoms with E-state index in [4.69, 9.17) is 9.47 Å². The predicted octanol–water partition coefficient (Wildman–Crippen LogP) is 1.96. The van der Waals surface area contributed by atoms with E-state index in [9.17, 15) is 0 Å². The van der Waals surface area contributed by atoms with Crippen LogP contribution in [-0.2, 0) is 9.47 Å². The second-order valence-electron chi connectivity index (χ2n) is 5.36. The maximum absolute atomic E-state index is 6.26. The van der Waals surface area contributed by atoms with Crippen LogP contribution >= 0.6 is 0 Å². The van der Waals surface area contributed by atoms with Crippen LogP contribution < -0.4 is 5.32 Å². The minimum atomic E-state index is 0.118. The maximum atomic E-state index is 6.26. The van der Waals surface area contributed by atoms with Crippen molar-refractivity contribution in [3.8, 4) is 0 Å². The Bertz CT molecular complexity index is 210. The fourth-order valence-electron chi connectivity index (χ4n) is 3.08. The highest BCUT2D eigenvalue weighted by Gasteiger charge is 2.39. The van der Waals surface area contributed by atoms with Crippen molar-refractivity contribution in [2.75, 3.05) is 26.8 Å². The number of methoxy groups -OCH3 is 1. The summed E-state index contributed by atoms with van der Waals surface area (Å²) in [5, 5.41) is 3.51. The Balaban J connectivity index is 1.88. The predicted molar refractivity (Wildman–Crippen MR) is 64.6 cm³/mol. The normalized spacial score (nSPS) is 40.1. The molecular weight excluding hydrogens is 202 g/mol. The quantitative estimate of drug-likeness (QED) is 0.799. The van der Waals surface area contributed by atoms with Gasteiger partial charge in [0.2, 0.25) is 0 Å². The van der Waals surface area contributed by atoms with Gasteiger partial charge < -0.3 is 14.8 Å². The largest absolute Gasteiger partial charge is 0.382 e. The third kappa shape index (κ3) is 2.76. The van der Waals surface area contributed by atoms with Crippen molar-refractivity contribution in [2.24, 2.45) is 5.92 Å². The molecule has 1 aliphatic carbocycles. The fraction of sp³-hybridized carbons (Fsp3) is 1.00. The molecule has 0 aromatic heterocycles. The van der Waals surface area contributed by atoms with Crippen LogP contribution in [0, 0.1) is 5.92 Å². The zero-order valence-electron chi connectivity index (χ0n) is 10.6. The van der Waals surface area contributed by atoms with Gasteiger partial charge in [-0.15, -0.1) is 0 Å². The standard InChI is InChI=1S/C13H25NO2/c1-3-11-4-6-13(7-5-11)10-14-8-12(16-13)9-15-2/h11-12,14H,3-10H2,1-2H3. The number of nitrogens with one attached hydrogen (secondary N) is 1. The van der Waals surface area contributed by atoms with Gasteiger partial charge in [-0.25, -0.2) is 0 Å². The van der Waals surface area contributed by atoms with Gasteiger partial charge in [-0.05, 0) is 31.6 Å². The Hall–Kier alpha value is -0.120. The Morgan fingerprint density at radius 2 is 2.12 bits per heavy atom. The topological polar surface area (TPSA) is 30.5 Å². The number of hydrogen-bond acceptors (Lipinski definition) is 3. The highest BCUT2D eigenvalue weighted by molar-refractivity contribution is 4.93. The first-order chi connectivity index (χ1) is 7.78. The molecule has 1 unspecified atom stereocenters. The van der Waals surface area contributed by atoms with Crippen molar-refractivity contribution in [1.29, 1.82) is 0 Å². The lowest BCUT2D eigenvalue weighted by molar-refractivity contribution is -0.153. The highest BCUT2D eigenvalue weighted by Crippen LogP contribution is 2.37. The summed E-state index contributed by atoms with van der Waals surface area (Å²) in [4.78, 5) is 0. The van der Waals surface area contributed by atoms with E-state index in [0.29, 0.717) is 6.61 Å². The minimum absolute atomic E-state index is 0.118. The van der Waals surface area contributed by atoms with Crippen LogP contribution in [0.3, 0.4) is 0 Å². The maximum Gasteiger partial charge on any atom is 0.0940 e. The molecule has 0 amide bonds. The van der Waals surface area contributed by atoms with Crippen molar-refractivity contribution >= 4 is 0 Å². The summed E-state index contributed by atoms with van der Waals surface area (Å²) in [6.07, 6.45) is 6.68. The Labute approximate surface area is 98.9 Å². The van der Waals surface area contributed by atoms with Gasteiger partial charge in [-0.3, -0.25) is 0 Å². The Morgan fingerprint density at radius 1 is 1.38 bits per heavy atom. The number of morpholine rings is 1. The summed E-state index contributed by atoms with van der Waals surface area (Å²) in [6.45, 7) is 4.98. The lowest BCUT2D eigenvalue weighted by atomic mass is 9.77. The molecule has 1 spiro atoms. The van der Waals surface area contributed by atoms with Gasteiger partial charge in [0.1, 0.15) is 0 Å². The van der Waals surface area contributed by atoms with E-state index in [1.807, 2.05) is 0 Å². The van der Waals surface area contributed by atoms with E-state index >= 15 is 0 Å². The molecule has 94 valence electrons. The first-order valence-corrected chi connectivity index (χ1v) is 6.65. The van der Waals surface area contributed by atoms with Gasteiger partial charge in [0, 0.05) is 20.2 Å². The Kier molecular flexibility index (Phi) is 4.22. The van der Waals surface area contributed by atoms with Gasteiger partial charge in [-0.1, -0.05) is 13.3 Å². The molecule has 0 bridgehead atoms. The van der Waals surface area contributed by atoms with Crippen LogP contribution in [-0.4, -0.2) is 38.5 Å². The number of ether oxygens (including phenoxy) is 2. The summed E-state index contributed by atoms with van der Waals surface area (Å²) < 4.78 is 11.5. The average Bonchev–Trinajstić information content (AvgIpc) is 2.31. The van der Waals surface area contributed by atoms with Crippen molar-refractivity contribution in [3.05, 3.63) is 0 Å². The zero-order valence-corrected chi connectivity index (χ0v) is 10.6. The summed E-state index contributed by atoms with van der Waals surface area (Å²) in [7, 11) is 1.75. The zero-order chi connectivity index (χ0) is 11.4. The molecular formula is C13H25NO2. The summed E-state index contributed by atoms with van der Waals surface area (Å²) in [5.41, 5.74) is 0.118. The lowest BCUT2D eigenvalue weighted by Gasteiger charge is -2.45. The van der Waals surface area contributed by atoms with Gasteiger partial charge >= 0.3 is 0 Å². The lowest BCUT2D eigenvalue weighted by Crippen LogP contribution is -2.56. The minimum Gasteiger partial charge on any atom is -0.382 e. The molecule has 3 nitrogen and oxygen atoms in total. The molecule has 0 aromatic carbocycles. The molecule has 2 aliphatic rings. The molecule has 1 heterocycles. The summed E-state index contributed by atoms with van der Waals surface area (Å²) >= 11 is 0. The average molecular weight is 227 g/mol. The SMILES string of the molecule is CCC1CCC2(CC1)CNCC(COC)O2. The fourth-order valence-corrected chi connectivity index (χ4v) is 3.08. The van der Waals surface area contributed by atoms with E-state index in [1.54, 1.807) is 7.11 Å². The van der Waals surface area contributed by atoms with Crippen molar-refractivity contribution in [1.82, 2.24) is 5.32 Å². The molecule has 2 fully saturated rings. The van der Waals surface area contributed by atoms with Crippen LogP contribution in [0.4, 0.5) is 0 Å². The molecule has 1 atom stereocenters. The highest BCUT2D eigenvalue weighted by atomic mass is 16.5. The van der Waals surface area contributed by atoms with Crippen molar-refractivity contribution < 1.29 is 9.47 Å². The van der Waals surface area contributed by atoms with E-state index in [1.165, 1.54) is 32.1 Å². The third-order valence-electron chi connectivity index (χ3n) is 4.18. The smallest absolute Gasteiger partial charge is 0.0940 e. The first-order valence-electron chi connectivity index (χ1n) is 6.65. The number of rotatable bonds is 3. The number of hydrogen-bond donors (Lipinski definition) is 1. The van der Waals surface area contributed by atoms with Gasteiger partial charge in [0.05, 0.1) is 18.3 Å². The van der Waals surface area contributed by atoms with Crippen LogP contribution in [0.5, 0.6) is 0 Å². The van der Waals surface area contributed by atoms with Crippen LogP contribution in [0.1, 0.15) is 39.0 Å². The van der Waals surface area contributed by atoms with E-state index < -0.39 is 0 Å². The first kappa shape index (κ1) is 12.3. The van der Waals surface area contributed by atoms with Crippen molar-refractivity contribution in [2.45, 2.75) is 50.7 Å². The second kappa shape index (κ2) is 5.48. The molecule has 16 heavy (non-hydrogen) atoms. The van der Waals surface area contributed by atoms with Gasteiger partial charge in [0.25, 0.3) is 0 Å². The third-order valence-corrected chi connectivity index (χ3v) is 4.18. The van der Waals surface area contributed by atoms with Gasteiger partial charge in [0.15, 0.2) is 0 Å². The monoisotopic (exact) mass is 227 g/mol. The molecule has 1 saturated heterocycles. The van der Waals surface area contributed by atoms with Crippen LogP contribution in [0.2, 0.25) is 0 Å². The molecule has 0 aromatic rings. The summed E-state index contributed by atoms with van der Waals surface area (Å²) in [5.74, 6) is 0.928. The molecule has 3 heteroatoms. The second-order valence-corrected chi connectivity index (χ2v) is 5.36. The van der Waals surface area contributed by atoms with E-state index in [-0.39, 0.29) is 11.7 Å². The van der Waals surface area contributed by atoms with E-state index in [0.717, 1.165) is 19.0 Å². The Morgan fingerprint density at radius 3 is 2.75 bits per heavy atom. The molecule has 1 N–H and O–H groups in total. The molecule has 2 rings (SSSR count). The van der Waals surface area contributed by atoms with Gasteiger partial charge in [-0.2, -0.15) is 0 Å².